The molecule has 1 amide bonds. The second kappa shape index (κ2) is 9.26. The monoisotopic (exact) mass is 421 g/mol. The molecule has 3 heterocycles. The fourth-order valence-electron chi connectivity index (χ4n) is 3.67. The van der Waals surface area contributed by atoms with Gasteiger partial charge in [-0.15, -0.1) is 21.5 Å². The van der Waals surface area contributed by atoms with Gasteiger partial charge in [0.1, 0.15) is 5.69 Å². The number of hydrogen-bond acceptors (Lipinski definition) is 6. The molecule has 0 bridgehead atoms. The van der Waals surface area contributed by atoms with Crippen LogP contribution in [0.25, 0.3) is 10.6 Å². The Labute approximate surface area is 181 Å². The Bertz CT molecular complexity index is 946. The van der Waals surface area contributed by atoms with E-state index in [9.17, 15) is 4.79 Å². The molecule has 4 rings (SSSR count). The van der Waals surface area contributed by atoms with Crippen molar-refractivity contribution in [3.05, 3.63) is 59.5 Å². The van der Waals surface area contributed by atoms with Crippen molar-refractivity contribution in [2.24, 2.45) is 5.92 Å². The van der Waals surface area contributed by atoms with E-state index in [1.54, 1.807) is 11.3 Å². The molecule has 1 aliphatic rings. The largest absolute Gasteiger partial charge is 0.378 e. The van der Waals surface area contributed by atoms with Gasteiger partial charge in [-0.2, -0.15) is 0 Å². The summed E-state index contributed by atoms with van der Waals surface area (Å²) in [5.74, 6) is 1.08. The third-order valence-corrected chi connectivity index (χ3v) is 6.43. The van der Waals surface area contributed by atoms with E-state index in [4.69, 9.17) is 0 Å². The highest BCUT2D eigenvalue weighted by molar-refractivity contribution is 7.13. The van der Waals surface area contributed by atoms with E-state index in [2.05, 4.69) is 55.6 Å². The highest BCUT2D eigenvalue weighted by atomic mass is 32.1. The van der Waals surface area contributed by atoms with Gasteiger partial charge in [-0.3, -0.25) is 4.79 Å². The molecule has 6 nitrogen and oxygen atoms in total. The predicted molar refractivity (Wildman–Crippen MR) is 123 cm³/mol. The molecule has 0 saturated carbocycles. The zero-order valence-corrected chi connectivity index (χ0v) is 18.2. The molecule has 156 valence electrons. The number of benzene rings is 1. The fraction of sp³-hybridized carbons (Fsp3) is 0.348. The summed E-state index contributed by atoms with van der Waals surface area (Å²) in [7, 11) is 4.04. The van der Waals surface area contributed by atoms with Crippen molar-refractivity contribution >= 4 is 28.7 Å². The van der Waals surface area contributed by atoms with Crippen LogP contribution < -0.4 is 15.1 Å². The molecule has 1 saturated heterocycles. The standard InChI is InChI=1S/C23H27N5OS/c1-27(2)19-7-5-17(6-8-19)16-24-23(29)18-11-13-28(14-12-18)22-10-9-20(25-26-22)21-4-3-15-30-21/h3-10,15,18H,11-14,16H2,1-2H3,(H,24,29). The number of anilines is 2. The van der Waals surface area contributed by atoms with Gasteiger partial charge in [0.2, 0.25) is 5.91 Å². The molecule has 1 aromatic carbocycles. The minimum Gasteiger partial charge on any atom is -0.378 e. The molecule has 1 aliphatic heterocycles. The van der Waals surface area contributed by atoms with Gasteiger partial charge in [0.15, 0.2) is 5.82 Å². The Kier molecular flexibility index (Phi) is 6.28. The van der Waals surface area contributed by atoms with E-state index in [-0.39, 0.29) is 11.8 Å². The molecule has 7 heteroatoms. The summed E-state index contributed by atoms with van der Waals surface area (Å²) in [5.41, 5.74) is 3.18. The van der Waals surface area contributed by atoms with Gasteiger partial charge in [-0.25, -0.2) is 0 Å². The van der Waals surface area contributed by atoms with E-state index >= 15 is 0 Å². The zero-order valence-electron chi connectivity index (χ0n) is 17.4. The molecule has 1 fully saturated rings. The van der Waals surface area contributed by atoms with Crippen LogP contribution in [0.2, 0.25) is 0 Å². The molecule has 1 N–H and O–H groups in total. The Morgan fingerprint density at radius 1 is 1.10 bits per heavy atom. The summed E-state index contributed by atoms with van der Waals surface area (Å²) in [6.07, 6.45) is 1.67. The first kappa shape index (κ1) is 20.3. The number of rotatable bonds is 6. The lowest BCUT2D eigenvalue weighted by molar-refractivity contribution is -0.125. The van der Waals surface area contributed by atoms with Crippen molar-refractivity contribution in [3.8, 4) is 10.6 Å². The minimum atomic E-state index is 0.0562. The number of piperidine rings is 1. The summed E-state index contributed by atoms with van der Waals surface area (Å²) in [6, 6.07) is 16.4. The second-order valence-corrected chi connectivity index (χ2v) is 8.74. The topological polar surface area (TPSA) is 61.4 Å². The molecular formula is C23H27N5OS. The van der Waals surface area contributed by atoms with Gasteiger partial charge < -0.3 is 15.1 Å². The number of carbonyl (C=O) groups is 1. The van der Waals surface area contributed by atoms with Crippen LogP contribution in [-0.2, 0) is 11.3 Å². The Morgan fingerprint density at radius 3 is 2.47 bits per heavy atom. The van der Waals surface area contributed by atoms with Gasteiger partial charge in [0.25, 0.3) is 0 Å². The molecule has 3 aromatic rings. The lowest BCUT2D eigenvalue weighted by atomic mass is 9.96. The van der Waals surface area contributed by atoms with Crippen LogP contribution in [-0.4, -0.2) is 43.3 Å². The lowest BCUT2D eigenvalue weighted by Gasteiger charge is -2.31. The van der Waals surface area contributed by atoms with Crippen LogP contribution in [0.3, 0.4) is 0 Å². The molecule has 0 radical (unpaired) electrons. The first-order valence-corrected chi connectivity index (χ1v) is 11.1. The van der Waals surface area contributed by atoms with Crippen molar-refractivity contribution in [3.63, 3.8) is 0 Å². The maximum atomic E-state index is 12.6. The van der Waals surface area contributed by atoms with E-state index in [1.807, 2.05) is 37.7 Å². The van der Waals surface area contributed by atoms with Crippen molar-refractivity contribution in [1.29, 1.82) is 0 Å². The van der Waals surface area contributed by atoms with Gasteiger partial charge in [-0.1, -0.05) is 18.2 Å². The highest BCUT2D eigenvalue weighted by Crippen LogP contribution is 2.25. The number of aromatic nitrogens is 2. The molecule has 0 aliphatic carbocycles. The van der Waals surface area contributed by atoms with Crippen LogP contribution in [0.15, 0.2) is 53.9 Å². The quantitative estimate of drug-likeness (QED) is 0.656. The maximum absolute atomic E-state index is 12.6. The number of carbonyl (C=O) groups excluding carboxylic acids is 1. The normalized spacial score (nSPS) is 14.5. The smallest absolute Gasteiger partial charge is 0.223 e. The molecule has 0 spiro atoms. The lowest BCUT2D eigenvalue weighted by Crippen LogP contribution is -2.40. The van der Waals surface area contributed by atoms with Crippen LogP contribution in [0.4, 0.5) is 11.5 Å². The molecule has 0 atom stereocenters. The average Bonchev–Trinajstić information content (AvgIpc) is 3.33. The van der Waals surface area contributed by atoms with Gasteiger partial charge in [0, 0.05) is 45.3 Å². The number of nitrogens with zero attached hydrogens (tertiary/aromatic N) is 4. The highest BCUT2D eigenvalue weighted by Gasteiger charge is 2.25. The third kappa shape index (κ3) is 4.79. The van der Waals surface area contributed by atoms with E-state index in [0.29, 0.717) is 6.54 Å². The minimum absolute atomic E-state index is 0.0562. The second-order valence-electron chi connectivity index (χ2n) is 7.79. The van der Waals surface area contributed by atoms with Crippen LogP contribution in [0.1, 0.15) is 18.4 Å². The van der Waals surface area contributed by atoms with E-state index in [1.165, 1.54) is 0 Å². The Morgan fingerprint density at radius 2 is 1.87 bits per heavy atom. The van der Waals surface area contributed by atoms with Crippen molar-refractivity contribution in [1.82, 2.24) is 15.5 Å². The number of nitrogens with one attached hydrogen (secondary N) is 1. The number of amides is 1. The van der Waals surface area contributed by atoms with Crippen LogP contribution in [0, 0.1) is 5.92 Å². The first-order chi connectivity index (χ1) is 14.6. The van der Waals surface area contributed by atoms with Crippen LogP contribution >= 0.6 is 11.3 Å². The molecular weight excluding hydrogens is 394 g/mol. The van der Waals surface area contributed by atoms with Gasteiger partial charge >= 0.3 is 0 Å². The van der Waals surface area contributed by atoms with Crippen molar-refractivity contribution in [2.75, 3.05) is 37.0 Å². The summed E-state index contributed by atoms with van der Waals surface area (Å²) in [6.45, 7) is 2.22. The van der Waals surface area contributed by atoms with Gasteiger partial charge in [0.05, 0.1) is 4.88 Å². The number of hydrogen-bond donors (Lipinski definition) is 1. The average molecular weight is 422 g/mol. The first-order valence-electron chi connectivity index (χ1n) is 10.3. The predicted octanol–water partition coefficient (Wildman–Crippen LogP) is 3.80. The van der Waals surface area contributed by atoms with Gasteiger partial charge in [-0.05, 0) is 54.1 Å². The molecule has 2 aromatic heterocycles. The molecule has 30 heavy (non-hydrogen) atoms. The maximum Gasteiger partial charge on any atom is 0.223 e. The zero-order chi connectivity index (χ0) is 20.9. The third-order valence-electron chi connectivity index (χ3n) is 5.53. The Balaban J connectivity index is 1.26. The summed E-state index contributed by atoms with van der Waals surface area (Å²) in [4.78, 5) is 18.0. The van der Waals surface area contributed by atoms with E-state index in [0.717, 1.165) is 53.6 Å². The SMILES string of the molecule is CN(C)c1ccc(CNC(=O)C2CCN(c3ccc(-c4cccs4)nn3)CC2)cc1. The summed E-state index contributed by atoms with van der Waals surface area (Å²) in [5, 5.41) is 13.9. The summed E-state index contributed by atoms with van der Waals surface area (Å²) < 4.78 is 0. The Hall–Kier alpha value is -2.93. The van der Waals surface area contributed by atoms with Crippen LogP contribution in [0.5, 0.6) is 0 Å². The fourth-order valence-corrected chi connectivity index (χ4v) is 4.36. The summed E-state index contributed by atoms with van der Waals surface area (Å²) >= 11 is 1.66. The number of thiophene rings is 1. The van der Waals surface area contributed by atoms with E-state index < -0.39 is 0 Å². The molecule has 0 unspecified atom stereocenters. The van der Waals surface area contributed by atoms with Crippen molar-refractivity contribution < 1.29 is 4.79 Å². The van der Waals surface area contributed by atoms with Crippen molar-refractivity contribution in [2.45, 2.75) is 19.4 Å².